The fraction of sp³-hybridized carbons (Fsp3) is 0.643. The molecule has 2 heterocycles. The molecular formula is C14H20ClN3S. The van der Waals surface area contributed by atoms with Gasteiger partial charge in [0.25, 0.3) is 0 Å². The molecule has 5 heteroatoms. The maximum atomic E-state index is 6.25. The summed E-state index contributed by atoms with van der Waals surface area (Å²) in [6, 6.07) is 4.74. The first-order chi connectivity index (χ1) is 9.33. The standard InChI is InChI=1S/C14H20ClN3S/c15-12-4-5-14(18-6-1-8-19-9-7-18)17-13(12)10-16-11-2-3-11/h4-5,11,16H,1-3,6-10H2. The predicted octanol–water partition coefficient (Wildman–Crippen LogP) is 2.93. The van der Waals surface area contributed by atoms with Crippen LogP contribution in [0.4, 0.5) is 5.82 Å². The van der Waals surface area contributed by atoms with Crippen LogP contribution in [-0.2, 0) is 6.54 Å². The monoisotopic (exact) mass is 297 g/mol. The van der Waals surface area contributed by atoms with E-state index in [1.165, 1.54) is 30.8 Å². The third-order valence-electron chi connectivity index (χ3n) is 3.59. The lowest BCUT2D eigenvalue weighted by Gasteiger charge is -2.22. The molecular weight excluding hydrogens is 278 g/mol. The molecule has 1 N–H and O–H groups in total. The molecule has 19 heavy (non-hydrogen) atoms. The summed E-state index contributed by atoms with van der Waals surface area (Å²) >= 11 is 8.28. The van der Waals surface area contributed by atoms with Gasteiger partial charge in [-0.25, -0.2) is 4.98 Å². The highest BCUT2D eigenvalue weighted by atomic mass is 35.5. The Morgan fingerprint density at radius 3 is 3.05 bits per heavy atom. The quantitative estimate of drug-likeness (QED) is 0.925. The SMILES string of the molecule is Clc1ccc(N2CCCSCC2)nc1CNC1CC1. The molecule has 0 unspecified atom stereocenters. The third kappa shape index (κ3) is 3.77. The molecule has 1 aromatic rings. The summed E-state index contributed by atoms with van der Waals surface area (Å²) < 4.78 is 0. The molecule has 1 saturated heterocycles. The number of thioether (sulfide) groups is 1. The Bertz CT molecular complexity index is 429. The van der Waals surface area contributed by atoms with E-state index in [0.717, 1.165) is 36.2 Å². The smallest absolute Gasteiger partial charge is 0.128 e. The van der Waals surface area contributed by atoms with Gasteiger partial charge in [-0.2, -0.15) is 11.8 Å². The van der Waals surface area contributed by atoms with Gasteiger partial charge in [-0.3, -0.25) is 0 Å². The van der Waals surface area contributed by atoms with E-state index in [1.807, 2.05) is 17.8 Å². The van der Waals surface area contributed by atoms with Gasteiger partial charge in [0.15, 0.2) is 0 Å². The van der Waals surface area contributed by atoms with Crippen molar-refractivity contribution in [1.82, 2.24) is 10.3 Å². The van der Waals surface area contributed by atoms with Crippen LogP contribution in [0.25, 0.3) is 0 Å². The molecule has 2 aliphatic rings. The lowest BCUT2D eigenvalue weighted by atomic mass is 10.3. The van der Waals surface area contributed by atoms with E-state index in [2.05, 4.69) is 16.3 Å². The molecule has 104 valence electrons. The summed E-state index contributed by atoms with van der Waals surface area (Å²) in [6.07, 6.45) is 3.83. The van der Waals surface area contributed by atoms with Gasteiger partial charge in [-0.15, -0.1) is 0 Å². The van der Waals surface area contributed by atoms with Crippen molar-refractivity contribution in [2.45, 2.75) is 31.8 Å². The summed E-state index contributed by atoms with van der Waals surface area (Å²) in [5.41, 5.74) is 0.989. The number of nitrogens with one attached hydrogen (secondary N) is 1. The number of aromatic nitrogens is 1. The van der Waals surface area contributed by atoms with Crippen LogP contribution in [0.3, 0.4) is 0 Å². The molecule has 0 atom stereocenters. The van der Waals surface area contributed by atoms with Crippen LogP contribution >= 0.6 is 23.4 Å². The number of hydrogen-bond acceptors (Lipinski definition) is 4. The highest BCUT2D eigenvalue weighted by molar-refractivity contribution is 7.99. The summed E-state index contributed by atoms with van der Waals surface area (Å²) in [5, 5.41) is 4.27. The van der Waals surface area contributed by atoms with Gasteiger partial charge in [-0.1, -0.05) is 11.6 Å². The highest BCUT2D eigenvalue weighted by Gasteiger charge is 2.21. The van der Waals surface area contributed by atoms with E-state index in [0.29, 0.717) is 6.04 Å². The second kappa shape index (κ2) is 6.33. The largest absolute Gasteiger partial charge is 0.356 e. The molecule has 1 saturated carbocycles. The zero-order chi connectivity index (χ0) is 13.1. The molecule has 0 spiro atoms. The van der Waals surface area contributed by atoms with Gasteiger partial charge in [0, 0.05) is 31.4 Å². The van der Waals surface area contributed by atoms with Gasteiger partial charge >= 0.3 is 0 Å². The molecule has 1 aliphatic carbocycles. The van der Waals surface area contributed by atoms with Gasteiger partial charge in [0.05, 0.1) is 10.7 Å². The Kier molecular flexibility index (Phi) is 4.51. The van der Waals surface area contributed by atoms with Crippen molar-refractivity contribution < 1.29 is 0 Å². The second-order valence-corrected chi connectivity index (χ2v) is 6.84. The molecule has 0 amide bonds. The van der Waals surface area contributed by atoms with Crippen LogP contribution in [0.2, 0.25) is 5.02 Å². The van der Waals surface area contributed by atoms with Crippen LogP contribution in [0.1, 0.15) is 25.0 Å². The minimum absolute atomic E-state index is 0.691. The summed E-state index contributed by atoms with van der Waals surface area (Å²) in [4.78, 5) is 7.15. The van der Waals surface area contributed by atoms with Crippen molar-refractivity contribution in [1.29, 1.82) is 0 Å². The maximum Gasteiger partial charge on any atom is 0.128 e. The second-order valence-electron chi connectivity index (χ2n) is 5.21. The van der Waals surface area contributed by atoms with Crippen molar-refractivity contribution in [3.05, 3.63) is 22.8 Å². The normalized spacial score (nSPS) is 20.4. The van der Waals surface area contributed by atoms with E-state index in [4.69, 9.17) is 16.6 Å². The molecule has 1 aliphatic heterocycles. The number of nitrogens with zero attached hydrogens (tertiary/aromatic N) is 2. The molecule has 2 fully saturated rings. The number of rotatable bonds is 4. The summed E-state index contributed by atoms with van der Waals surface area (Å²) in [7, 11) is 0. The fourth-order valence-corrected chi connectivity index (χ4v) is 3.34. The summed E-state index contributed by atoms with van der Waals surface area (Å²) in [6.45, 7) is 2.99. The fourth-order valence-electron chi connectivity index (χ4n) is 2.28. The van der Waals surface area contributed by atoms with Gasteiger partial charge in [0.1, 0.15) is 5.82 Å². The maximum absolute atomic E-state index is 6.25. The van der Waals surface area contributed by atoms with E-state index in [-0.39, 0.29) is 0 Å². The topological polar surface area (TPSA) is 28.2 Å². The van der Waals surface area contributed by atoms with Crippen molar-refractivity contribution >= 4 is 29.2 Å². The minimum atomic E-state index is 0.691. The van der Waals surface area contributed by atoms with Crippen LogP contribution in [0.15, 0.2) is 12.1 Å². The molecule has 3 rings (SSSR count). The highest BCUT2D eigenvalue weighted by Crippen LogP contribution is 2.24. The van der Waals surface area contributed by atoms with Crippen LogP contribution in [0, 0.1) is 0 Å². The van der Waals surface area contributed by atoms with E-state index >= 15 is 0 Å². The third-order valence-corrected chi connectivity index (χ3v) is 4.98. The number of pyridine rings is 1. The van der Waals surface area contributed by atoms with E-state index < -0.39 is 0 Å². The Labute approximate surface area is 124 Å². The summed E-state index contributed by atoms with van der Waals surface area (Å²) in [5.74, 6) is 3.54. The molecule has 3 nitrogen and oxygen atoms in total. The molecule has 1 aromatic heterocycles. The zero-order valence-electron chi connectivity index (χ0n) is 11.1. The van der Waals surface area contributed by atoms with Crippen molar-refractivity contribution in [2.75, 3.05) is 29.5 Å². The van der Waals surface area contributed by atoms with Gasteiger partial charge in [-0.05, 0) is 37.1 Å². The van der Waals surface area contributed by atoms with E-state index in [9.17, 15) is 0 Å². The minimum Gasteiger partial charge on any atom is -0.356 e. The average molecular weight is 298 g/mol. The van der Waals surface area contributed by atoms with Crippen LogP contribution in [-0.4, -0.2) is 35.6 Å². The number of anilines is 1. The molecule has 0 radical (unpaired) electrons. The zero-order valence-corrected chi connectivity index (χ0v) is 12.6. The van der Waals surface area contributed by atoms with Gasteiger partial charge in [0.2, 0.25) is 0 Å². The average Bonchev–Trinajstić information content (AvgIpc) is 3.25. The number of halogens is 1. The van der Waals surface area contributed by atoms with Crippen molar-refractivity contribution in [3.63, 3.8) is 0 Å². The first-order valence-corrected chi connectivity index (χ1v) is 8.58. The lowest BCUT2D eigenvalue weighted by molar-refractivity contribution is 0.672. The lowest BCUT2D eigenvalue weighted by Crippen LogP contribution is -2.27. The Hall–Kier alpha value is -0.450. The van der Waals surface area contributed by atoms with Crippen LogP contribution in [0.5, 0.6) is 0 Å². The Morgan fingerprint density at radius 1 is 1.32 bits per heavy atom. The Morgan fingerprint density at radius 2 is 2.21 bits per heavy atom. The first kappa shape index (κ1) is 13.5. The van der Waals surface area contributed by atoms with Crippen molar-refractivity contribution in [3.8, 4) is 0 Å². The Balaban J connectivity index is 1.70. The molecule has 0 bridgehead atoms. The van der Waals surface area contributed by atoms with Gasteiger partial charge < -0.3 is 10.2 Å². The molecule has 0 aromatic carbocycles. The first-order valence-electron chi connectivity index (χ1n) is 7.04. The van der Waals surface area contributed by atoms with Crippen LogP contribution < -0.4 is 10.2 Å². The number of hydrogen-bond donors (Lipinski definition) is 1. The van der Waals surface area contributed by atoms with Crippen molar-refractivity contribution in [2.24, 2.45) is 0 Å². The predicted molar refractivity (Wildman–Crippen MR) is 83.3 cm³/mol. The van der Waals surface area contributed by atoms with E-state index in [1.54, 1.807) is 0 Å².